The lowest BCUT2D eigenvalue weighted by Gasteiger charge is -2.04. The molecule has 0 saturated carbocycles. The average Bonchev–Trinajstić information content (AvgIpc) is 2.36. The quantitative estimate of drug-likeness (QED) is 0.578. The molecule has 2 aromatic rings. The second kappa shape index (κ2) is 6.05. The van der Waals surface area contributed by atoms with E-state index in [1.807, 2.05) is 18.2 Å². The number of para-hydroxylation sites is 1. The van der Waals surface area contributed by atoms with E-state index in [0.717, 1.165) is 17.4 Å². The highest BCUT2D eigenvalue weighted by Crippen LogP contribution is 2.18. The monoisotopic (exact) mass is 276 g/mol. The van der Waals surface area contributed by atoms with Crippen LogP contribution < -0.4 is 11.1 Å². The highest BCUT2D eigenvalue weighted by molar-refractivity contribution is 7.99. The first kappa shape index (κ1) is 13.2. The number of aromatic nitrogens is 2. The van der Waals surface area contributed by atoms with Gasteiger partial charge in [0.1, 0.15) is 5.82 Å². The predicted octanol–water partition coefficient (Wildman–Crippen LogP) is 1.50. The molecule has 0 aliphatic rings. The van der Waals surface area contributed by atoms with E-state index < -0.39 is 0 Å². The first-order valence-electron chi connectivity index (χ1n) is 5.45. The molecule has 0 aliphatic carbocycles. The van der Waals surface area contributed by atoms with Gasteiger partial charge in [-0.25, -0.2) is 4.98 Å². The molecule has 0 bridgehead atoms. The van der Waals surface area contributed by atoms with Gasteiger partial charge in [0, 0.05) is 11.8 Å². The number of amides is 1. The summed E-state index contributed by atoms with van der Waals surface area (Å²) in [7, 11) is 0. The Morgan fingerprint density at radius 3 is 2.74 bits per heavy atom. The van der Waals surface area contributed by atoms with Crippen LogP contribution in [0.1, 0.15) is 0 Å². The van der Waals surface area contributed by atoms with Gasteiger partial charge in [0.15, 0.2) is 5.16 Å². The van der Waals surface area contributed by atoms with Crippen LogP contribution in [-0.2, 0) is 4.79 Å². The second-order valence-electron chi connectivity index (χ2n) is 3.64. The first-order chi connectivity index (χ1) is 9.13. The molecule has 0 fully saturated rings. The van der Waals surface area contributed by atoms with Crippen LogP contribution in [0.3, 0.4) is 0 Å². The number of benzene rings is 1. The second-order valence-corrected chi connectivity index (χ2v) is 4.58. The Labute approximate surface area is 114 Å². The number of nitrogens with two attached hydrogens (primary N) is 1. The molecule has 0 unspecified atom stereocenters. The highest BCUT2D eigenvalue weighted by Gasteiger charge is 2.07. The zero-order chi connectivity index (χ0) is 13.7. The molecule has 1 amide bonds. The topological polar surface area (TPSA) is 101 Å². The Morgan fingerprint density at radius 2 is 2.05 bits per heavy atom. The molecule has 1 aromatic heterocycles. The number of carbonyl (C=O) groups excluding carboxylic acids is 1. The van der Waals surface area contributed by atoms with Gasteiger partial charge in [-0.3, -0.25) is 4.79 Å². The van der Waals surface area contributed by atoms with Gasteiger partial charge in [-0.05, 0) is 12.1 Å². The van der Waals surface area contributed by atoms with Crippen LogP contribution in [0.15, 0.2) is 41.6 Å². The van der Waals surface area contributed by atoms with Gasteiger partial charge in [0.05, 0.1) is 5.75 Å². The molecule has 7 heteroatoms. The summed E-state index contributed by atoms with van der Waals surface area (Å²) >= 11 is 1.10. The van der Waals surface area contributed by atoms with Crippen LogP contribution in [-0.4, -0.2) is 26.7 Å². The van der Waals surface area contributed by atoms with Crippen molar-refractivity contribution >= 4 is 29.2 Å². The van der Waals surface area contributed by atoms with E-state index >= 15 is 0 Å². The third-order valence-corrected chi connectivity index (χ3v) is 2.95. The van der Waals surface area contributed by atoms with Crippen molar-refractivity contribution in [3.05, 3.63) is 36.4 Å². The number of nitrogens with zero attached hydrogens (tertiary/aromatic N) is 2. The van der Waals surface area contributed by atoms with E-state index in [9.17, 15) is 9.90 Å². The zero-order valence-electron chi connectivity index (χ0n) is 9.91. The molecule has 0 atom stereocenters. The number of thioether (sulfide) groups is 1. The first-order valence-corrected chi connectivity index (χ1v) is 6.43. The minimum Gasteiger partial charge on any atom is -0.493 e. The average molecular weight is 276 g/mol. The van der Waals surface area contributed by atoms with Crippen molar-refractivity contribution in [2.45, 2.75) is 5.16 Å². The van der Waals surface area contributed by atoms with E-state index in [4.69, 9.17) is 5.73 Å². The molecule has 98 valence electrons. The molecule has 4 N–H and O–H groups in total. The van der Waals surface area contributed by atoms with E-state index in [0.29, 0.717) is 0 Å². The highest BCUT2D eigenvalue weighted by atomic mass is 32.2. The van der Waals surface area contributed by atoms with Gasteiger partial charge in [0.25, 0.3) is 0 Å². The lowest BCUT2D eigenvalue weighted by Crippen LogP contribution is -2.14. The fourth-order valence-corrected chi connectivity index (χ4v) is 2.00. The molecule has 0 radical (unpaired) electrons. The molecule has 6 nitrogen and oxygen atoms in total. The van der Waals surface area contributed by atoms with Gasteiger partial charge in [-0.2, -0.15) is 4.98 Å². The van der Waals surface area contributed by atoms with Crippen LogP contribution in [0.5, 0.6) is 5.88 Å². The predicted molar refractivity (Wildman–Crippen MR) is 73.9 cm³/mol. The summed E-state index contributed by atoms with van der Waals surface area (Å²) in [5.41, 5.74) is 6.19. The van der Waals surface area contributed by atoms with Crippen molar-refractivity contribution in [2.75, 3.05) is 16.8 Å². The molecule has 19 heavy (non-hydrogen) atoms. The summed E-state index contributed by atoms with van der Waals surface area (Å²) in [6, 6.07) is 10.4. The van der Waals surface area contributed by atoms with Gasteiger partial charge in [-0.1, -0.05) is 30.0 Å². The maximum Gasteiger partial charge on any atom is 0.234 e. The lowest BCUT2D eigenvalue weighted by molar-refractivity contribution is -0.113. The zero-order valence-corrected chi connectivity index (χ0v) is 10.7. The van der Waals surface area contributed by atoms with Crippen molar-refractivity contribution in [2.24, 2.45) is 0 Å². The molecule has 0 aliphatic heterocycles. The van der Waals surface area contributed by atoms with Crippen LogP contribution >= 0.6 is 11.8 Å². The fourth-order valence-electron chi connectivity index (χ4n) is 1.34. The largest absolute Gasteiger partial charge is 0.493 e. The Balaban J connectivity index is 1.90. The van der Waals surface area contributed by atoms with E-state index in [-0.39, 0.29) is 28.5 Å². The van der Waals surface area contributed by atoms with Gasteiger partial charge in [0.2, 0.25) is 11.8 Å². The molecule has 0 saturated heterocycles. The number of carbonyl (C=O) groups is 1. The molecule has 2 rings (SSSR count). The summed E-state index contributed by atoms with van der Waals surface area (Å²) in [6.45, 7) is 0. The van der Waals surface area contributed by atoms with Crippen LogP contribution in [0.25, 0.3) is 0 Å². The van der Waals surface area contributed by atoms with E-state index in [2.05, 4.69) is 15.3 Å². The lowest BCUT2D eigenvalue weighted by atomic mass is 10.3. The minimum atomic E-state index is -0.210. The van der Waals surface area contributed by atoms with Crippen molar-refractivity contribution < 1.29 is 9.90 Å². The molecular formula is C12H12N4O2S. The molecule has 1 aromatic carbocycles. The third-order valence-electron chi connectivity index (χ3n) is 2.10. The van der Waals surface area contributed by atoms with Crippen LogP contribution in [0, 0.1) is 0 Å². The third kappa shape index (κ3) is 4.14. The Bertz CT molecular complexity index is 557. The number of rotatable bonds is 4. The number of nitrogens with one attached hydrogen (secondary N) is 1. The Morgan fingerprint density at radius 1 is 1.32 bits per heavy atom. The van der Waals surface area contributed by atoms with Gasteiger partial charge >= 0.3 is 0 Å². The van der Waals surface area contributed by atoms with Crippen molar-refractivity contribution in [1.29, 1.82) is 0 Å². The van der Waals surface area contributed by atoms with Gasteiger partial charge < -0.3 is 16.2 Å². The SMILES string of the molecule is Nc1cc(O)nc(SCC(=O)Nc2ccccc2)n1. The molecule has 1 heterocycles. The standard InChI is InChI=1S/C12H12N4O2S/c13-9-6-10(17)16-12(15-9)19-7-11(18)14-8-4-2-1-3-5-8/h1-6H,7H2,(H,14,18)(H3,13,15,16,17). The summed E-state index contributed by atoms with van der Waals surface area (Å²) in [5.74, 6) is -0.0868. The summed E-state index contributed by atoms with van der Waals surface area (Å²) in [4.78, 5) is 19.3. The van der Waals surface area contributed by atoms with Crippen molar-refractivity contribution in [3.8, 4) is 5.88 Å². The Kier molecular flexibility index (Phi) is 4.19. The number of hydrogen-bond donors (Lipinski definition) is 3. The van der Waals surface area contributed by atoms with Gasteiger partial charge in [-0.15, -0.1) is 0 Å². The number of aromatic hydroxyl groups is 1. The number of nitrogen functional groups attached to an aromatic ring is 1. The molecular weight excluding hydrogens is 264 g/mol. The number of anilines is 2. The normalized spacial score (nSPS) is 10.1. The van der Waals surface area contributed by atoms with E-state index in [1.165, 1.54) is 6.07 Å². The maximum absolute atomic E-state index is 11.7. The van der Waals surface area contributed by atoms with Crippen LogP contribution in [0.4, 0.5) is 11.5 Å². The summed E-state index contributed by atoms with van der Waals surface area (Å²) < 4.78 is 0. The van der Waals surface area contributed by atoms with E-state index in [1.54, 1.807) is 12.1 Å². The van der Waals surface area contributed by atoms with Crippen LogP contribution in [0.2, 0.25) is 0 Å². The maximum atomic E-state index is 11.7. The fraction of sp³-hybridized carbons (Fsp3) is 0.0833. The number of hydrogen-bond acceptors (Lipinski definition) is 6. The summed E-state index contributed by atoms with van der Waals surface area (Å²) in [5, 5.41) is 12.2. The Hall–Kier alpha value is -2.28. The minimum absolute atomic E-state index is 0.137. The van der Waals surface area contributed by atoms with Crippen molar-refractivity contribution in [1.82, 2.24) is 9.97 Å². The summed E-state index contributed by atoms with van der Waals surface area (Å²) in [6.07, 6.45) is 0. The smallest absolute Gasteiger partial charge is 0.234 e. The van der Waals surface area contributed by atoms with Crippen molar-refractivity contribution in [3.63, 3.8) is 0 Å². The molecule has 0 spiro atoms.